The highest BCUT2D eigenvalue weighted by molar-refractivity contribution is 4.96. The van der Waals surface area contributed by atoms with Crippen molar-refractivity contribution in [3.8, 4) is 0 Å². The van der Waals surface area contributed by atoms with Gasteiger partial charge in [-0.25, -0.2) is 0 Å². The summed E-state index contributed by atoms with van der Waals surface area (Å²) in [6, 6.07) is 0. The summed E-state index contributed by atoms with van der Waals surface area (Å²) in [5.41, 5.74) is 0.737. The van der Waals surface area contributed by atoms with Crippen LogP contribution in [0.2, 0.25) is 0 Å². The molecule has 0 radical (unpaired) electrons. The van der Waals surface area contributed by atoms with E-state index in [-0.39, 0.29) is 0 Å². The second-order valence-electron chi connectivity index (χ2n) is 4.48. The summed E-state index contributed by atoms with van der Waals surface area (Å²) < 4.78 is 0. The lowest BCUT2D eigenvalue weighted by atomic mass is 9.72. The molecule has 0 aromatic rings. The molecule has 2 aliphatic rings. The largest absolute Gasteiger partial charge is 0.306 e. The van der Waals surface area contributed by atoms with Crippen molar-refractivity contribution >= 4 is 0 Å². The Balaban J connectivity index is 0. The Morgan fingerprint density at radius 1 is 0.647 bits per heavy atom. The normalized spacial score (nSPS) is 21.9. The Morgan fingerprint density at radius 2 is 1.00 bits per heavy atom. The van der Waals surface area contributed by atoms with E-state index in [0.717, 1.165) is 5.41 Å². The fourth-order valence-corrected chi connectivity index (χ4v) is 2.51. The number of rotatable bonds is 0. The first kappa shape index (κ1) is 19.3. The molecule has 2 nitrogen and oxygen atoms in total. The number of hydrogen-bond donors (Lipinski definition) is 0. The summed E-state index contributed by atoms with van der Waals surface area (Å²) in [7, 11) is 4.46. The van der Waals surface area contributed by atoms with Crippen LogP contribution in [0.4, 0.5) is 0 Å². The molecule has 0 aromatic heterocycles. The monoisotopic (exact) mass is 244 g/mol. The van der Waals surface area contributed by atoms with Crippen LogP contribution < -0.4 is 0 Å². The quantitative estimate of drug-likeness (QED) is 0.641. The molecule has 2 saturated heterocycles. The van der Waals surface area contributed by atoms with Gasteiger partial charge in [0.2, 0.25) is 0 Å². The lowest BCUT2D eigenvalue weighted by molar-refractivity contribution is -0.0264. The SMILES string of the molecule is CC.CC.CC.CN1CCC2(CC1)CN(C)C2. The average Bonchev–Trinajstić information content (AvgIpc) is 2.38. The van der Waals surface area contributed by atoms with Crippen molar-refractivity contribution < 1.29 is 0 Å². The minimum Gasteiger partial charge on any atom is -0.306 e. The van der Waals surface area contributed by atoms with Gasteiger partial charge in [-0.05, 0) is 45.4 Å². The van der Waals surface area contributed by atoms with Crippen LogP contribution in [-0.2, 0) is 0 Å². The van der Waals surface area contributed by atoms with Crippen molar-refractivity contribution in [3.63, 3.8) is 0 Å². The molecule has 2 aliphatic heterocycles. The highest BCUT2D eigenvalue weighted by atomic mass is 15.2. The summed E-state index contributed by atoms with van der Waals surface area (Å²) in [4.78, 5) is 4.88. The Kier molecular flexibility index (Phi) is 12.5. The van der Waals surface area contributed by atoms with Gasteiger partial charge >= 0.3 is 0 Å². The molecule has 106 valence electrons. The Hall–Kier alpha value is -0.0800. The Labute approximate surface area is 110 Å². The van der Waals surface area contributed by atoms with Crippen molar-refractivity contribution in [2.24, 2.45) is 5.41 Å². The van der Waals surface area contributed by atoms with E-state index < -0.39 is 0 Å². The summed E-state index contributed by atoms with van der Waals surface area (Å²) in [5.74, 6) is 0. The fourth-order valence-electron chi connectivity index (χ4n) is 2.51. The molecule has 0 saturated carbocycles. The molecular formula is C15H36N2. The van der Waals surface area contributed by atoms with Gasteiger partial charge in [-0.1, -0.05) is 41.5 Å². The van der Waals surface area contributed by atoms with E-state index in [1.54, 1.807) is 0 Å². The third-order valence-electron chi connectivity index (χ3n) is 3.26. The minimum absolute atomic E-state index is 0.737. The molecule has 1 spiro atoms. The Bertz CT molecular complexity index is 141. The molecule has 0 aromatic carbocycles. The standard InChI is InChI=1S/C9H18N2.3C2H6/c1-10-5-3-9(4-6-10)7-11(2)8-9;3*1-2/h3-8H2,1-2H3;3*1-2H3. The smallest absolute Gasteiger partial charge is 0.00484 e. The van der Waals surface area contributed by atoms with Crippen LogP contribution >= 0.6 is 0 Å². The van der Waals surface area contributed by atoms with E-state index in [4.69, 9.17) is 0 Å². The molecule has 2 heteroatoms. The number of piperidine rings is 1. The molecule has 17 heavy (non-hydrogen) atoms. The zero-order valence-electron chi connectivity index (χ0n) is 13.6. The maximum Gasteiger partial charge on any atom is 0.00484 e. The van der Waals surface area contributed by atoms with Gasteiger partial charge in [0.25, 0.3) is 0 Å². The van der Waals surface area contributed by atoms with E-state index >= 15 is 0 Å². The third kappa shape index (κ3) is 6.42. The molecule has 2 heterocycles. The predicted molar refractivity (Wildman–Crippen MR) is 80.7 cm³/mol. The van der Waals surface area contributed by atoms with Crippen molar-refractivity contribution in [1.82, 2.24) is 9.80 Å². The minimum atomic E-state index is 0.737. The van der Waals surface area contributed by atoms with Crippen molar-refractivity contribution in [1.29, 1.82) is 0 Å². The zero-order chi connectivity index (χ0) is 13.9. The van der Waals surface area contributed by atoms with Crippen LogP contribution in [0, 0.1) is 5.41 Å². The summed E-state index contributed by atoms with van der Waals surface area (Å²) in [6.07, 6.45) is 2.85. The van der Waals surface area contributed by atoms with Crippen LogP contribution in [0.1, 0.15) is 54.4 Å². The molecule has 0 amide bonds. The van der Waals surface area contributed by atoms with Gasteiger partial charge in [-0.3, -0.25) is 0 Å². The Morgan fingerprint density at radius 3 is 1.29 bits per heavy atom. The van der Waals surface area contributed by atoms with Crippen molar-refractivity contribution in [2.75, 3.05) is 40.3 Å². The first-order chi connectivity index (χ1) is 8.20. The molecule has 0 unspecified atom stereocenters. The maximum absolute atomic E-state index is 2.45. The number of nitrogens with zero attached hydrogens (tertiary/aromatic N) is 2. The van der Waals surface area contributed by atoms with Crippen LogP contribution in [0.3, 0.4) is 0 Å². The van der Waals surface area contributed by atoms with E-state index in [9.17, 15) is 0 Å². The average molecular weight is 244 g/mol. The molecule has 2 rings (SSSR count). The molecular weight excluding hydrogens is 208 g/mol. The molecule has 0 N–H and O–H groups in total. The summed E-state index contributed by atoms with van der Waals surface area (Å²) >= 11 is 0. The molecule has 0 atom stereocenters. The van der Waals surface area contributed by atoms with Crippen LogP contribution in [0.5, 0.6) is 0 Å². The van der Waals surface area contributed by atoms with E-state index in [1.165, 1.54) is 39.0 Å². The zero-order valence-corrected chi connectivity index (χ0v) is 13.6. The van der Waals surface area contributed by atoms with E-state index in [2.05, 4.69) is 23.9 Å². The van der Waals surface area contributed by atoms with Gasteiger partial charge < -0.3 is 9.80 Å². The highest BCUT2D eigenvalue weighted by Gasteiger charge is 2.42. The van der Waals surface area contributed by atoms with E-state index in [0.29, 0.717) is 0 Å². The van der Waals surface area contributed by atoms with Gasteiger partial charge in [0.15, 0.2) is 0 Å². The number of likely N-dealkylation sites (tertiary alicyclic amines) is 2. The molecule has 0 bridgehead atoms. The highest BCUT2D eigenvalue weighted by Crippen LogP contribution is 2.38. The van der Waals surface area contributed by atoms with Crippen molar-refractivity contribution in [3.05, 3.63) is 0 Å². The topological polar surface area (TPSA) is 6.48 Å². The van der Waals surface area contributed by atoms with Crippen LogP contribution in [0.25, 0.3) is 0 Å². The third-order valence-corrected chi connectivity index (χ3v) is 3.26. The summed E-state index contributed by atoms with van der Waals surface area (Å²) in [6.45, 7) is 17.3. The van der Waals surface area contributed by atoms with Gasteiger partial charge in [-0.15, -0.1) is 0 Å². The lowest BCUT2D eigenvalue weighted by Crippen LogP contribution is -2.58. The first-order valence-electron chi connectivity index (χ1n) is 7.57. The predicted octanol–water partition coefficient (Wildman–Crippen LogP) is 3.72. The van der Waals surface area contributed by atoms with Crippen LogP contribution in [0.15, 0.2) is 0 Å². The maximum atomic E-state index is 2.45. The fraction of sp³-hybridized carbons (Fsp3) is 1.00. The molecule has 2 fully saturated rings. The van der Waals surface area contributed by atoms with Crippen LogP contribution in [-0.4, -0.2) is 50.1 Å². The number of hydrogen-bond acceptors (Lipinski definition) is 2. The lowest BCUT2D eigenvalue weighted by Gasteiger charge is -2.52. The second-order valence-corrected chi connectivity index (χ2v) is 4.48. The second kappa shape index (κ2) is 11.0. The molecule has 0 aliphatic carbocycles. The van der Waals surface area contributed by atoms with Gasteiger partial charge in [-0.2, -0.15) is 0 Å². The van der Waals surface area contributed by atoms with Gasteiger partial charge in [0.05, 0.1) is 0 Å². The van der Waals surface area contributed by atoms with Gasteiger partial charge in [0.1, 0.15) is 0 Å². The first-order valence-corrected chi connectivity index (χ1v) is 7.57. The van der Waals surface area contributed by atoms with Gasteiger partial charge in [0, 0.05) is 13.1 Å². The van der Waals surface area contributed by atoms with Crippen molar-refractivity contribution in [2.45, 2.75) is 54.4 Å². The summed E-state index contributed by atoms with van der Waals surface area (Å²) in [5, 5.41) is 0. The van der Waals surface area contributed by atoms with E-state index in [1.807, 2.05) is 41.5 Å².